The van der Waals surface area contributed by atoms with E-state index in [2.05, 4.69) is 5.32 Å². The fourth-order valence-electron chi connectivity index (χ4n) is 1.58. The Balaban J connectivity index is 2.31. The van der Waals surface area contributed by atoms with Crippen LogP contribution in [0.5, 0.6) is 0 Å². The molecule has 2 amide bonds. The Kier molecular flexibility index (Phi) is 5.85. The topological polar surface area (TPSA) is 69.6 Å². The van der Waals surface area contributed by atoms with Crippen molar-refractivity contribution >= 4 is 12.0 Å². The van der Waals surface area contributed by atoms with Gasteiger partial charge >= 0.3 is 12.0 Å². The van der Waals surface area contributed by atoms with Crippen LogP contribution in [0.15, 0.2) is 30.3 Å². The molecule has 5 heteroatoms. The van der Waals surface area contributed by atoms with Crippen LogP contribution in [0.2, 0.25) is 0 Å². The van der Waals surface area contributed by atoms with E-state index < -0.39 is 11.9 Å². The number of aliphatic carboxylic acids is 1. The van der Waals surface area contributed by atoms with Gasteiger partial charge in [-0.2, -0.15) is 0 Å². The van der Waals surface area contributed by atoms with Crippen molar-refractivity contribution in [3.63, 3.8) is 0 Å². The van der Waals surface area contributed by atoms with E-state index in [-0.39, 0.29) is 6.03 Å². The van der Waals surface area contributed by atoms with Crippen LogP contribution in [-0.2, 0) is 11.3 Å². The minimum Gasteiger partial charge on any atom is -0.481 e. The van der Waals surface area contributed by atoms with Crippen LogP contribution in [-0.4, -0.2) is 35.6 Å². The van der Waals surface area contributed by atoms with E-state index in [4.69, 9.17) is 5.11 Å². The van der Waals surface area contributed by atoms with Crippen molar-refractivity contribution in [3.05, 3.63) is 35.9 Å². The molecule has 19 heavy (non-hydrogen) atoms. The minimum absolute atomic E-state index is 0.193. The average Bonchev–Trinajstić information content (AvgIpc) is 2.39. The second-order valence-corrected chi connectivity index (χ2v) is 4.60. The number of carboxylic acids is 1. The summed E-state index contributed by atoms with van der Waals surface area (Å²) in [6.45, 7) is 2.52. The Morgan fingerprint density at radius 1 is 1.32 bits per heavy atom. The Bertz CT molecular complexity index is 420. The molecule has 0 aliphatic heterocycles. The standard InChI is InChI=1S/C14H20N2O3/c1-11(13(17)18)8-9-15-14(19)16(2)10-12-6-4-3-5-7-12/h3-7,11H,8-10H2,1-2H3,(H,15,19)(H,17,18). The Morgan fingerprint density at radius 2 is 1.95 bits per heavy atom. The second-order valence-electron chi connectivity index (χ2n) is 4.60. The molecular formula is C14H20N2O3. The van der Waals surface area contributed by atoms with E-state index >= 15 is 0 Å². The lowest BCUT2D eigenvalue weighted by Crippen LogP contribution is -2.37. The SMILES string of the molecule is CC(CCNC(=O)N(C)Cc1ccccc1)C(=O)O. The second kappa shape index (κ2) is 7.41. The van der Waals surface area contributed by atoms with Crippen molar-refractivity contribution in [3.8, 4) is 0 Å². The molecule has 0 fully saturated rings. The molecular weight excluding hydrogens is 244 g/mol. The van der Waals surface area contributed by atoms with E-state index in [9.17, 15) is 9.59 Å². The highest BCUT2D eigenvalue weighted by molar-refractivity contribution is 5.74. The molecule has 2 N–H and O–H groups in total. The Labute approximate surface area is 113 Å². The number of hydrogen-bond donors (Lipinski definition) is 2. The van der Waals surface area contributed by atoms with Gasteiger partial charge in [0.15, 0.2) is 0 Å². The van der Waals surface area contributed by atoms with E-state index in [0.717, 1.165) is 5.56 Å². The molecule has 0 aliphatic rings. The first-order chi connectivity index (χ1) is 9.00. The van der Waals surface area contributed by atoms with Gasteiger partial charge in [0.05, 0.1) is 5.92 Å². The zero-order chi connectivity index (χ0) is 14.3. The largest absolute Gasteiger partial charge is 0.481 e. The molecule has 0 saturated carbocycles. The summed E-state index contributed by atoms with van der Waals surface area (Å²) in [7, 11) is 1.71. The first-order valence-electron chi connectivity index (χ1n) is 6.26. The highest BCUT2D eigenvalue weighted by atomic mass is 16.4. The lowest BCUT2D eigenvalue weighted by atomic mass is 10.1. The molecule has 0 spiro atoms. The van der Waals surface area contributed by atoms with Crippen LogP contribution in [0.4, 0.5) is 4.79 Å². The van der Waals surface area contributed by atoms with Crippen LogP contribution < -0.4 is 5.32 Å². The van der Waals surface area contributed by atoms with Gasteiger partial charge in [-0.25, -0.2) is 4.79 Å². The van der Waals surface area contributed by atoms with Gasteiger partial charge in [-0.05, 0) is 12.0 Å². The van der Waals surface area contributed by atoms with Gasteiger partial charge in [0.1, 0.15) is 0 Å². The molecule has 104 valence electrons. The minimum atomic E-state index is -0.841. The number of rotatable bonds is 6. The van der Waals surface area contributed by atoms with E-state index in [1.807, 2.05) is 30.3 Å². The molecule has 5 nitrogen and oxygen atoms in total. The number of nitrogens with zero attached hydrogens (tertiary/aromatic N) is 1. The van der Waals surface area contributed by atoms with Crippen LogP contribution in [0.25, 0.3) is 0 Å². The maximum absolute atomic E-state index is 11.8. The van der Waals surface area contributed by atoms with Gasteiger partial charge in [0.25, 0.3) is 0 Å². The van der Waals surface area contributed by atoms with Crippen molar-refractivity contribution in [1.82, 2.24) is 10.2 Å². The summed E-state index contributed by atoms with van der Waals surface area (Å²) in [5, 5.41) is 11.4. The van der Waals surface area contributed by atoms with Gasteiger partial charge < -0.3 is 15.3 Å². The van der Waals surface area contributed by atoms with E-state index in [1.54, 1.807) is 18.9 Å². The van der Waals surface area contributed by atoms with Gasteiger partial charge in [-0.3, -0.25) is 4.79 Å². The fraction of sp³-hybridized carbons (Fsp3) is 0.429. The summed E-state index contributed by atoms with van der Waals surface area (Å²) >= 11 is 0. The number of carboxylic acid groups (broad SMARTS) is 1. The average molecular weight is 264 g/mol. The first-order valence-corrected chi connectivity index (χ1v) is 6.26. The lowest BCUT2D eigenvalue weighted by Gasteiger charge is -2.18. The highest BCUT2D eigenvalue weighted by Crippen LogP contribution is 2.03. The number of amides is 2. The third-order valence-electron chi connectivity index (χ3n) is 2.88. The molecule has 0 bridgehead atoms. The summed E-state index contributed by atoms with van der Waals surface area (Å²) in [4.78, 5) is 24.0. The first kappa shape index (κ1) is 15.0. The summed E-state index contributed by atoms with van der Waals surface area (Å²) in [6, 6.07) is 9.50. The maximum atomic E-state index is 11.8. The van der Waals surface area contributed by atoms with Crippen molar-refractivity contribution in [2.75, 3.05) is 13.6 Å². The van der Waals surface area contributed by atoms with Crippen molar-refractivity contribution < 1.29 is 14.7 Å². The summed E-state index contributed by atoms with van der Waals surface area (Å²) in [6.07, 6.45) is 0.431. The predicted octanol–water partition coefficient (Wildman–Crippen LogP) is 1.94. The number of nitrogens with one attached hydrogen (secondary N) is 1. The van der Waals surface area contributed by atoms with Crippen molar-refractivity contribution in [2.24, 2.45) is 5.92 Å². The smallest absolute Gasteiger partial charge is 0.317 e. The zero-order valence-electron chi connectivity index (χ0n) is 11.3. The van der Waals surface area contributed by atoms with Gasteiger partial charge in [-0.1, -0.05) is 37.3 Å². The molecule has 0 aromatic heterocycles. The number of hydrogen-bond acceptors (Lipinski definition) is 2. The van der Waals surface area contributed by atoms with Gasteiger partial charge in [0.2, 0.25) is 0 Å². The zero-order valence-corrected chi connectivity index (χ0v) is 11.3. The molecule has 1 rings (SSSR count). The maximum Gasteiger partial charge on any atom is 0.317 e. The summed E-state index contributed by atoms with van der Waals surface area (Å²) in [5.74, 6) is -1.29. The van der Waals surface area contributed by atoms with Crippen molar-refractivity contribution in [2.45, 2.75) is 19.9 Å². The Hall–Kier alpha value is -2.04. The fourth-order valence-corrected chi connectivity index (χ4v) is 1.58. The predicted molar refractivity (Wildman–Crippen MR) is 72.7 cm³/mol. The monoisotopic (exact) mass is 264 g/mol. The molecule has 0 saturated heterocycles. The van der Waals surface area contributed by atoms with E-state index in [0.29, 0.717) is 19.5 Å². The van der Waals surface area contributed by atoms with E-state index in [1.165, 1.54) is 0 Å². The van der Waals surface area contributed by atoms with Gasteiger partial charge in [0, 0.05) is 20.1 Å². The summed E-state index contributed by atoms with van der Waals surface area (Å²) < 4.78 is 0. The van der Waals surface area contributed by atoms with Crippen LogP contribution in [0.3, 0.4) is 0 Å². The molecule has 1 unspecified atom stereocenters. The van der Waals surface area contributed by atoms with Gasteiger partial charge in [-0.15, -0.1) is 0 Å². The normalized spacial score (nSPS) is 11.7. The summed E-state index contributed by atoms with van der Waals surface area (Å²) in [5.41, 5.74) is 1.05. The highest BCUT2D eigenvalue weighted by Gasteiger charge is 2.12. The molecule has 0 radical (unpaired) electrons. The third kappa shape index (κ3) is 5.42. The molecule has 1 aromatic carbocycles. The van der Waals surface area contributed by atoms with Crippen LogP contribution in [0, 0.1) is 5.92 Å². The molecule has 1 atom stereocenters. The van der Waals surface area contributed by atoms with Crippen LogP contribution >= 0.6 is 0 Å². The molecule has 0 aliphatic carbocycles. The van der Waals surface area contributed by atoms with Crippen LogP contribution in [0.1, 0.15) is 18.9 Å². The molecule has 1 aromatic rings. The van der Waals surface area contributed by atoms with Crippen molar-refractivity contribution in [1.29, 1.82) is 0 Å². The number of urea groups is 1. The third-order valence-corrected chi connectivity index (χ3v) is 2.88. The number of benzene rings is 1. The lowest BCUT2D eigenvalue weighted by molar-refractivity contribution is -0.141. The molecule has 0 heterocycles. The number of carbonyl (C=O) groups is 2. The number of carbonyl (C=O) groups excluding carboxylic acids is 1. The Morgan fingerprint density at radius 3 is 2.53 bits per heavy atom. The quantitative estimate of drug-likeness (QED) is 0.825.